The number of benzene rings is 2. The van der Waals surface area contributed by atoms with Crippen molar-refractivity contribution in [1.82, 2.24) is 5.32 Å². The fourth-order valence-corrected chi connectivity index (χ4v) is 3.81. The molecule has 7 nitrogen and oxygen atoms in total. The number of hydrogen-bond acceptors (Lipinski definition) is 6. The topological polar surface area (TPSA) is 90.9 Å². The molecule has 0 unspecified atom stereocenters. The van der Waals surface area contributed by atoms with Gasteiger partial charge in [-0.2, -0.15) is 0 Å². The fraction of sp³-hybridized carbons (Fsp3) is 0.211. The predicted octanol–water partition coefficient (Wildman–Crippen LogP) is -0.819. The van der Waals surface area contributed by atoms with E-state index in [4.69, 9.17) is 12.5 Å². The van der Waals surface area contributed by atoms with Gasteiger partial charge < -0.3 is 0 Å². The number of carbonyl (C=O) groups is 3. The molecule has 0 aromatic heterocycles. The van der Waals surface area contributed by atoms with Gasteiger partial charge in [-0.3, -0.25) is 0 Å². The summed E-state index contributed by atoms with van der Waals surface area (Å²) in [6.45, 7) is 0.0244. The van der Waals surface area contributed by atoms with Crippen molar-refractivity contribution in [3.63, 3.8) is 0 Å². The number of hydrogen-bond donors (Lipinski definition) is 1. The summed E-state index contributed by atoms with van der Waals surface area (Å²) in [4.78, 5) is 35.6. The van der Waals surface area contributed by atoms with Crippen LogP contribution in [0, 0.1) is 0 Å². The number of alkyl carbamates (subject to hydrolysis) is 1. The van der Waals surface area contributed by atoms with Gasteiger partial charge in [-0.05, 0) is 0 Å². The number of carbonyl (C=O) groups excluding carboxylic acids is 3. The van der Waals surface area contributed by atoms with Crippen LogP contribution in [0.15, 0.2) is 60.7 Å². The summed E-state index contributed by atoms with van der Waals surface area (Å²) in [5, 5.41) is 2.59. The van der Waals surface area contributed by atoms with Crippen LogP contribution in [0.2, 0.25) is 0 Å². The van der Waals surface area contributed by atoms with Gasteiger partial charge >= 0.3 is 167 Å². The van der Waals surface area contributed by atoms with Crippen LogP contribution in [0.5, 0.6) is 0 Å². The number of amides is 1. The number of esters is 1. The van der Waals surface area contributed by atoms with E-state index in [-0.39, 0.29) is 17.0 Å². The molecule has 0 spiro atoms. The van der Waals surface area contributed by atoms with Gasteiger partial charge in [-0.15, -0.1) is 0 Å². The molecule has 1 aliphatic rings. The normalized spacial score (nSPS) is 18.6. The van der Waals surface area contributed by atoms with Crippen LogP contribution in [0.4, 0.5) is 4.79 Å². The van der Waals surface area contributed by atoms with E-state index < -0.39 is 45.8 Å². The van der Waals surface area contributed by atoms with Gasteiger partial charge in [0.2, 0.25) is 0 Å². The summed E-state index contributed by atoms with van der Waals surface area (Å²) in [6.07, 6.45) is -1.22. The summed E-state index contributed by atoms with van der Waals surface area (Å²) < 4.78 is 15.8. The van der Waals surface area contributed by atoms with E-state index in [1.165, 1.54) is 0 Å². The van der Waals surface area contributed by atoms with Crippen LogP contribution >= 0.6 is 0 Å². The first-order chi connectivity index (χ1) is 13.1. The molecule has 1 fully saturated rings. The Hall–Kier alpha value is -2.46. The summed E-state index contributed by atoms with van der Waals surface area (Å²) in [5.41, 5.74) is 1.02. The Bertz CT molecular complexity index is 798. The monoisotopic (exact) mass is 482 g/mol. The van der Waals surface area contributed by atoms with Crippen molar-refractivity contribution in [3.8, 4) is 0 Å². The molecule has 142 valence electrons. The Morgan fingerprint density at radius 1 is 0.963 bits per heavy atom. The van der Waals surface area contributed by atoms with Gasteiger partial charge in [0, 0.05) is 0 Å². The quantitative estimate of drug-likeness (QED) is 0.301. The van der Waals surface area contributed by atoms with Crippen molar-refractivity contribution in [1.29, 1.82) is 0 Å². The standard InChI is InChI=1S/C19H17INO6/c22-17(13-7-3-1-4-8-13)20-26-12-16-15(21-19(24)27-16)11-25-18(23)14-9-5-2-6-10-14/h1-10,15-16H,11-12H2,(H,21,24)/q-1/t15-,16-/m1/s1. The maximum atomic E-state index is 12.1. The predicted molar refractivity (Wildman–Crippen MR) is 90.6 cm³/mol. The molecule has 1 heterocycles. The van der Waals surface area contributed by atoms with Crippen molar-refractivity contribution >= 4 is 15.9 Å². The fourth-order valence-electron chi connectivity index (χ4n) is 2.38. The van der Waals surface area contributed by atoms with Crippen molar-refractivity contribution in [3.05, 3.63) is 71.8 Å². The first-order valence-electron chi connectivity index (χ1n) is 8.19. The van der Waals surface area contributed by atoms with E-state index in [2.05, 4.69) is 5.32 Å². The number of ether oxygens (including phenoxy) is 2. The zero-order valence-electron chi connectivity index (χ0n) is 14.2. The zero-order valence-corrected chi connectivity index (χ0v) is 16.3. The van der Waals surface area contributed by atoms with E-state index in [1.807, 2.05) is 6.07 Å². The van der Waals surface area contributed by atoms with Crippen LogP contribution < -0.4 is 26.9 Å². The second-order valence-corrected chi connectivity index (χ2v) is 7.69. The van der Waals surface area contributed by atoms with Gasteiger partial charge in [0.1, 0.15) is 0 Å². The number of cyclic esters (lactones) is 1. The Morgan fingerprint density at radius 2 is 1.59 bits per heavy atom. The first-order valence-corrected chi connectivity index (χ1v) is 10.1. The third-order valence-electron chi connectivity index (χ3n) is 3.77. The van der Waals surface area contributed by atoms with Crippen LogP contribution in [-0.4, -0.2) is 41.2 Å². The van der Waals surface area contributed by atoms with Crippen molar-refractivity contribution in [2.24, 2.45) is 0 Å². The van der Waals surface area contributed by atoms with E-state index in [0.29, 0.717) is 11.1 Å². The Labute approximate surface area is 166 Å². The van der Waals surface area contributed by atoms with Gasteiger partial charge in [0.05, 0.1) is 0 Å². The summed E-state index contributed by atoms with van der Waals surface area (Å²) in [7, 11) is 0. The third-order valence-corrected chi connectivity index (χ3v) is 5.46. The molecule has 0 aliphatic carbocycles. The third kappa shape index (κ3) is 5.51. The summed E-state index contributed by atoms with van der Waals surface area (Å²) >= 11 is -1.19. The average molecular weight is 482 g/mol. The zero-order chi connectivity index (χ0) is 19.1. The summed E-state index contributed by atoms with van der Waals surface area (Å²) in [5.74, 6) is -0.483. The van der Waals surface area contributed by atoms with Crippen molar-refractivity contribution in [2.45, 2.75) is 12.1 Å². The molecule has 27 heavy (non-hydrogen) atoms. The summed E-state index contributed by atoms with van der Waals surface area (Å²) in [6, 6.07) is 16.9. The second kappa shape index (κ2) is 9.47. The molecule has 8 heteroatoms. The molecule has 0 saturated carbocycles. The Morgan fingerprint density at radius 3 is 2.26 bits per heavy atom. The minimum atomic E-state index is -1.19. The first kappa shape index (κ1) is 19.3. The van der Waals surface area contributed by atoms with Gasteiger partial charge in [-0.1, -0.05) is 0 Å². The van der Waals surface area contributed by atoms with Gasteiger partial charge in [-0.25, -0.2) is 0 Å². The molecule has 1 amide bonds. The molecule has 2 aromatic carbocycles. The van der Waals surface area contributed by atoms with E-state index >= 15 is 0 Å². The molecule has 3 rings (SSSR count). The average Bonchev–Trinajstić information content (AvgIpc) is 3.06. The SMILES string of the molecule is O=C1N[C@H](COC(=O)c2ccccc2)[C@@H](CO[I-]C(=O)c2ccccc2)O1. The second-order valence-electron chi connectivity index (χ2n) is 5.65. The van der Waals surface area contributed by atoms with E-state index in [1.54, 1.807) is 54.6 Å². The van der Waals surface area contributed by atoms with Gasteiger partial charge in [0.25, 0.3) is 0 Å². The number of nitrogens with one attached hydrogen (secondary N) is 1. The van der Waals surface area contributed by atoms with Crippen molar-refractivity contribution < 1.29 is 48.5 Å². The van der Waals surface area contributed by atoms with Crippen LogP contribution in [0.25, 0.3) is 0 Å². The van der Waals surface area contributed by atoms with Crippen LogP contribution in [-0.2, 0) is 12.5 Å². The maximum absolute atomic E-state index is 12.1. The minimum absolute atomic E-state index is 0.0432. The molecule has 2 atom stereocenters. The van der Waals surface area contributed by atoms with Crippen LogP contribution in [0.3, 0.4) is 0 Å². The molecule has 1 N–H and O–H groups in total. The molecule has 1 saturated heterocycles. The molecule has 2 aromatic rings. The van der Waals surface area contributed by atoms with Crippen LogP contribution in [0.1, 0.15) is 20.7 Å². The van der Waals surface area contributed by atoms with E-state index in [0.717, 1.165) is 0 Å². The Kier molecular flexibility index (Phi) is 6.77. The molecule has 1 aliphatic heterocycles. The van der Waals surface area contributed by atoms with Gasteiger partial charge in [0.15, 0.2) is 0 Å². The molecular formula is C19H17INO6-. The molecule has 0 bridgehead atoms. The molecule has 0 radical (unpaired) electrons. The molecular weight excluding hydrogens is 465 g/mol. The Balaban J connectivity index is 1.47. The number of rotatable bonds is 8. The van der Waals surface area contributed by atoms with Crippen molar-refractivity contribution in [2.75, 3.05) is 13.2 Å². The number of halogens is 1. The van der Waals surface area contributed by atoms with E-state index in [9.17, 15) is 14.4 Å².